The molecule has 1 amide bonds. The largest absolute Gasteiger partial charge is 0.494 e. The lowest BCUT2D eigenvalue weighted by atomic mass is 10.2. The molecule has 0 heterocycles. The van der Waals surface area contributed by atoms with E-state index in [0.717, 1.165) is 15.4 Å². The molecule has 168 valence electrons. The zero-order valence-electron chi connectivity index (χ0n) is 17.9. The number of hydrogen-bond acceptors (Lipinski definition) is 4. The minimum absolute atomic E-state index is 0.0698. The number of hydrogen-bond donors (Lipinski definition) is 1. The average molecular weight is 473 g/mol. The molecule has 0 saturated carbocycles. The van der Waals surface area contributed by atoms with E-state index in [2.05, 4.69) is 5.32 Å². The van der Waals surface area contributed by atoms with Gasteiger partial charge in [0.15, 0.2) is 0 Å². The van der Waals surface area contributed by atoms with Crippen LogP contribution in [0.25, 0.3) is 0 Å². The molecule has 0 fully saturated rings. The number of aryl methyl sites for hydroxylation is 1. The van der Waals surface area contributed by atoms with Crippen LogP contribution in [0.3, 0.4) is 0 Å². The summed E-state index contributed by atoms with van der Waals surface area (Å²) in [4.78, 5) is 12.8. The summed E-state index contributed by atoms with van der Waals surface area (Å²) in [6.07, 6.45) is 0. The predicted octanol–water partition coefficient (Wildman–Crippen LogP) is 4.56. The van der Waals surface area contributed by atoms with Crippen LogP contribution in [0, 0.1) is 6.92 Å². The zero-order chi connectivity index (χ0) is 23.1. The van der Waals surface area contributed by atoms with Crippen molar-refractivity contribution in [3.05, 3.63) is 88.9 Å². The molecular formula is C24H25ClN2O4S. The third-order valence-corrected chi connectivity index (χ3v) is 6.92. The van der Waals surface area contributed by atoms with Gasteiger partial charge in [0.05, 0.1) is 17.2 Å². The molecule has 3 aromatic carbocycles. The Hall–Kier alpha value is -3.03. The van der Waals surface area contributed by atoms with E-state index in [1.54, 1.807) is 54.6 Å². The lowest BCUT2D eigenvalue weighted by Crippen LogP contribution is -2.40. The Kier molecular flexibility index (Phi) is 7.77. The van der Waals surface area contributed by atoms with Crippen LogP contribution in [-0.2, 0) is 21.4 Å². The summed E-state index contributed by atoms with van der Waals surface area (Å²) in [6.45, 7) is 4.07. The van der Waals surface area contributed by atoms with E-state index < -0.39 is 15.9 Å². The van der Waals surface area contributed by atoms with E-state index in [4.69, 9.17) is 16.3 Å². The number of rotatable bonds is 9. The number of carbonyl (C=O) groups excluding carboxylic acids is 1. The first kappa shape index (κ1) is 23.6. The number of sulfonamides is 1. The monoisotopic (exact) mass is 472 g/mol. The summed E-state index contributed by atoms with van der Waals surface area (Å²) in [5.41, 5.74) is 2.13. The van der Waals surface area contributed by atoms with Gasteiger partial charge in [-0.1, -0.05) is 47.5 Å². The molecule has 3 rings (SSSR count). The third kappa shape index (κ3) is 5.81. The third-order valence-electron chi connectivity index (χ3n) is 4.77. The Balaban J connectivity index is 1.85. The second-order valence-electron chi connectivity index (χ2n) is 7.12. The topological polar surface area (TPSA) is 75.7 Å². The Morgan fingerprint density at radius 1 is 1.00 bits per heavy atom. The van der Waals surface area contributed by atoms with Gasteiger partial charge in [-0.05, 0) is 61.9 Å². The highest BCUT2D eigenvalue weighted by atomic mass is 35.5. The maximum atomic E-state index is 13.4. The molecular weight excluding hydrogens is 448 g/mol. The van der Waals surface area contributed by atoms with Crippen molar-refractivity contribution in [1.82, 2.24) is 5.32 Å². The van der Waals surface area contributed by atoms with E-state index in [-0.39, 0.29) is 18.0 Å². The minimum Gasteiger partial charge on any atom is -0.494 e. The quantitative estimate of drug-likeness (QED) is 0.495. The van der Waals surface area contributed by atoms with Crippen molar-refractivity contribution < 1.29 is 17.9 Å². The van der Waals surface area contributed by atoms with Crippen molar-refractivity contribution in [2.45, 2.75) is 25.3 Å². The number of nitrogens with zero attached hydrogens (tertiary/aromatic N) is 1. The minimum atomic E-state index is -3.99. The summed E-state index contributed by atoms with van der Waals surface area (Å²) < 4.78 is 33.4. The smallest absolute Gasteiger partial charge is 0.264 e. The predicted molar refractivity (Wildman–Crippen MR) is 127 cm³/mol. The van der Waals surface area contributed by atoms with Gasteiger partial charge in [-0.3, -0.25) is 9.10 Å². The molecule has 0 bridgehead atoms. The average Bonchev–Trinajstić information content (AvgIpc) is 2.78. The molecule has 32 heavy (non-hydrogen) atoms. The lowest BCUT2D eigenvalue weighted by molar-refractivity contribution is -0.119. The highest BCUT2D eigenvalue weighted by Gasteiger charge is 2.27. The first-order valence-corrected chi connectivity index (χ1v) is 12.0. The molecule has 0 aromatic heterocycles. The van der Waals surface area contributed by atoms with E-state index in [1.165, 1.54) is 12.1 Å². The van der Waals surface area contributed by atoms with E-state index in [1.807, 2.05) is 19.9 Å². The van der Waals surface area contributed by atoms with Gasteiger partial charge in [-0.2, -0.15) is 0 Å². The van der Waals surface area contributed by atoms with Crippen molar-refractivity contribution in [3.63, 3.8) is 0 Å². The Morgan fingerprint density at radius 2 is 1.66 bits per heavy atom. The van der Waals surface area contributed by atoms with Crippen LogP contribution in [0.1, 0.15) is 18.1 Å². The fraction of sp³-hybridized carbons (Fsp3) is 0.208. The molecule has 0 aliphatic carbocycles. The van der Waals surface area contributed by atoms with E-state index >= 15 is 0 Å². The Bertz CT molecular complexity index is 1160. The summed E-state index contributed by atoms with van der Waals surface area (Å²) in [7, 11) is -3.99. The molecule has 0 unspecified atom stereocenters. The highest BCUT2D eigenvalue weighted by Crippen LogP contribution is 2.25. The SMILES string of the molecule is CCOc1ccc(S(=O)(=O)N(CC(=O)NCc2ccccc2Cl)c2ccc(C)cc2)cc1. The normalized spacial score (nSPS) is 11.1. The van der Waals surface area contributed by atoms with Crippen LogP contribution in [0.5, 0.6) is 5.75 Å². The van der Waals surface area contributed by atoms with Crippen molar-refractivity contribution in [3.8, 4) is 5.75 Å². The van der Waals surface area contributed by atoms with Crippen LogP contribution in [-0.4, -0.2) is 27.5 Å². The van der Waals surface area contributed by atoms with Crippen molar-refractivity contribution in [2.24, 2.45) is 0 Å². The molecule has 0 spiro atoms. The molecule has 0 aliphatic heterocycles. The summed E-state index contributed by atoms with van der Waals surface area (Å²) >= 11 is 6.14. The summed E-state index contributed by atoms with van der Waals surface area (Å²) in [5.74, 6) is 0.130. The number of ether oxygens (including phenoxy) is 1. The van der Waals surface area contributed by atoms with Crippen LogP contribution in [0.15, 0.2) is 77.7 Å². The molecule has 0 saturated heterocycles. The fourth-order valence-corrected chi connectivity index (χ4v) is 4.67. The van der Waals surface area contributed by atoms with Gasteiger partial charge in [0.1, 0.15) is 12.3 Å². The second-order valence-corrected chi connectivity index (χ2v) is 9.39. The molecule has 0 radical (unpaired) electrons. The van der Waals surface area contributed by atoms with Crippen LogP contribution < -0.4 is 14.4 Å². The van der Waals surface area contributed by atoms with Gasteiger partial charge in [0.2, 0.25) is 5.91 Å². The van der Waals surface area contributed by atoms with Crippen LogP contribution >= 0.6 is 11.6 Å². The van der Waals surface area contributed by atoms with Crippen LogP contribution in [0.2, 0.25) is 5.02 Å². The first-order valence-electron chi connectivity index (χ1n) is 10.1. The lowest BCUT2D eigenvalue weighted by Gasteiger charge is -2.24. The molecule has 8 heteroatoms. The van der Waals surface area contributed by atoms with Gasteiger partial charge < -0.3 is 10.1 Å². The number of nitrogens with one attached hydrogen (secondary N) is 1. The van der Waals surface area contributed by atoms with Gasteiger partial charge in [0, 0.05) is 11.6 Å². The maximum Gasteiger partial charge on any atom is 0.264 e. The molecule has 6 nitrogen and oxygen atoms in total. The number of benzene rings is 3. The Labute approximate surface area is 193 Å². The maximum absolute atomic E-state index is 13.4. The van der Waals surface area contributed by atoms with Gasteiger partial charge in [-0.15, -0.1) is 0 Å². The summed E-state index contributed by atoms with van der Waals surface area (Å²) in [6, 6.07) is 20.3. The molecule has 0 aliphatic rings. The van der Waals surface area contributed by atoms with Gasteiger partial charge in [-0.25, -0.2) is 8.42 Å². The van der Waals surface area contributed by atoms with Crippen molar-refractivity contribution in [2.75, 3.05) is 17.5 Å². The number of halogens is 1. The fourth-order valence-electron chi connectivity index (χ4n) is 3.05. The second kappa shape index (κ2) is 10.5. The highest BCUT2D eigenvalue weighted by molar-refractivity contribution is 7.92. The summed E-state index contributed by atoms with van der Waals surface area (Å²) in [5, 5.41) is 3.28. The first-order chi connectivity index (χ1) is 15.3. The van der Waals surface area contributed by atoms with E-state index in [0.29, 0.717) is 23.1 Å². The Morgan fingerprint density at radius 3 is 2.28 bits per heavy atom. The number of carbonyl (C=O) groups is 1. The number of anilines is 1. The molecule has 3 aromatic rings. The van der Waals surface area contributed by atoms with Crippen molar-refractivity contribution >= 4 is 33.2 Å². The standard InChI is InChI=1S/C24H25ClN2O4S/c1-3-31-21-12-14-22(15-13-21)32(29,30)27(20-10-8-18(2)9-11-20)17-24(28)26-16-19-6-4-5-7-23(19)25/h4-15H,3,16-17H2,1-2H3,(H,26,28). The van der Waals surface area contributed by atoms with Gasteiger partial charge in [0.25, 0.3) is 10.0 Å². The van der Waals surface area contributed by atoms with Gasteiger partial charge >= 0.3 is 0 Å². The van der Waals surface area contributed by atoms with Crippen LogP contribution in [0.4, 0.5) is 5.69 Å². The van der Waals surface area contributed by atoms with Crippen molar-refractivity contribution in [1.29, 1.82) is 0 Å². The van der Waals surface area contributed by atoms with E-state index in [9.17, 15) is 13.2 Å². The molecule has 0 atom stereocenters. The zero-order valence-corrected chi connectivity index (χ0v) is 19.5. The molecule has 1 N–H and O–H groups in total. The number of amides is 1.